The van der Waals surface area contributed by atoms with Crippen LogP contribution in [0.15, 0.2) is 53.3 Å². The van der Waals surface area contributed by atoms with E-state index in [2.05, 4.69) is 9.97 Å². The molecule has 0 radical (unpaired) electrons. The molecule has 0 unspecified atom stereocenters. The number of benzene rings is 2. The predicted octanol–water partition coefficient (Wildman–Crippen LogP) is 2.81. The van der Waals surface area contributed by atoms with Gasteiger partial charge in [-0.1, -0.05) is 12.1 Å². The van der Waals surface area contributed by atoms with Gasteiger partial charge in [-0.15, -0.1) is 0 Å². The highest BCUT2D eigenvalue weighted by Gasteiger charge is 2.23. The number of amides is 1. The van der Waals surface area contributed by atoms with Crippen molar-refractivity contribution in [3.8, 4) is 22.8 Å². The van der Waals surface area contributed by atoms with Crippen molar-refractivity contribution in [2.75, 3.05) is 0 Å². The van der Waals surface area contributed by atoms with E-state index in [1.165, 1.54) is 40.4 Å². The molecule has 0 aliphatic heterocycles. The van der Waals surface area contributed by atoms with Crippen molar-refractivity contribution in [1.29, 1.82) is 0 Å². The van der Waals surface area contributed by atoms with Gasteiger partial charge in [-0.2, -0.15) is 0 Å². The number of carbonyl (C=O) groups is 1. The molecule has 1 amide bonds. The minimum Gasteiger partial charge on any atom is -0.490 e. The molecule has 4 rings (SSSR count). The largest absolute Gasteiger partial charge is 0.490 e. The van der Waals surface area contributed by atoms with Gasteiger partial charge in [-0.3, -0.25) is 9.36 Å². The van der Waals surface area contributed by atoms with E-state index in [9.17, 15) is 14.0 Å². The third kappa shape index (κ3) is 3.54. The molecule has 0 fully saturated rings. The van der Waals surface area contributed by atoms with Crippen molar-refractivity contribution in [1.82, 2.24) is 19.1 Å². The van der Waals surface area contributed by atoms with Crippen LogP contribution in [0, 0.1) is 5.82 Å². The third-order valence-electron chi connectivity index (χ3n) is 4.70. The summed E-state index contributed by atoms with van der Waals surface area (Å²) < 4.78 is 21.8. The number of halogens is 1. The summed E-state index contributed by atoms with van der Waals surface area (Å²) in [5.41, 5.74) is 6.33. The zero-order valence-corrected chi connectivity index (χ0v) is 17.2. The van der Waals surface area contributed by atoms with Crippen LogP contribution in [0.3, 0.4) is 0 Å². The number of aryl methyl sites for hydroxylation is 1. The van der Waals surface area contributed by atoms with Crippen LogP contribution in [0.25, 0.3) is 28.2 Å². The first-order valence-electron chi connectivity index (χ1n) is 9.59. The van der Waals surface area contributed by atoms with Crippen LogP contribution in [-0.4, -0.2) is 31.1 Å². The fourth-order valence-corrected chi connectivity index (χ4v) is 3.37. The number of fused-ring (bicyclic) bond motifs is 1. The van der Waals surface area contributed by atoms with Crippen molar-refractivity contribution in [3.05, 3.63) is 70.5 Å². The number of ether oxygens (including phenoxy) is 1. The molecular weight excluding hydrogens is 401 g/mol. The Hall–Kier alpha value is -4.01. The van der Waals surface area contributed by atoms with Gasteiger partial charge in [0, 0.05) is 7.05 Å². The first kappa shape index (κ1) is 20.3. The van der Waals surface area contributed by atoms with Crippen molar-refractivity contribution < 1.29 is 13.9 Å². The summed E-state index contributed by atoms with van der Waals surface area (Å²) in [6.45, 7) is 3.78. The lowest BCUT2D eigenvalue weighted by Crippen LogP contribution is -2.21. The Bertz CT molecular complexity index is 1360. The lowest BCUT2D eigenvalue weighted by Gasteiger charge is -2.14. The maximum Gasteiger partial charge on any atom is 0.334 e. The average molecular weight is 421 g/mol. The van der Waals surface area contributed by atoms with E-state index in [4.69, 9.17) is 10.5 Å². The predicted molar refractivity (Wildman–Crippen MR) is 114 cm³/mol. The Morgan fingerprint density at radius 3 is 2.42 bits per heavy atom. The number of para-hydroxylation sites is 1. The molecule has 31 heavy (non-hydrogen) atoms. The Kier molecular flexibility index (Phi) is 5.02. The van der Waals surface area contributed by atoms with E-state index >= 15 is 0 Å². The topological polar surface area (TPSA) is 105 Å². The Balaban J connectivity index is 2.07. The molecule has 8 nitrogen and oxygen atoms in total. The van der Waals surface area contributed by atoms with Gasteiger partial charge < -0.3 is 10.5 Å². The number of hydrogen-bond donors (Lipinski definition) is 1. The molecule has 0 saturated carbocycles. The summed E-state index contributed by atoms with van der Waals surface area (Å²) in [5, 5.41) is 0. The minimum absolute atomic E-state index is 0.0974. The van der Waals surface area contributed by atoms with Gasteiger partial charge in [0.15, 0.2) is 17.2 Å². The third-order valence-corrected chi connectivity index (χ3v) is 4.70. The molecule has 4 aromatic rings. The molecule has 2 aromatic carbocycles. The molecule has 9 heteroatoms. The molecule has 0 aliphatic carbocycles. The van der Waals surface area contributed by atoms with Gasteiger partial charge in [-0.25, -0.2) is 23.7 Å². The summed E-state index contributed by atoms with van der Waals surface area (Å²) in [5.74, 6) is -0.536. The lowest BCUT2D eigenvalue weighted by atomic mass is 10.1. The number of rotatable bonds is 5. The molecule has 2 aromatic heterocycles. The van der Waals surface area contributed by atoms with Gasteiger partial charge in [-0.05, 0) is 50.2 Å². The van der Waals surface area contributed by atoms with Crippen LogP contribution in [0.2, 0.25) is 0 Å². The van der Waals surface area contributed by atoms with E-state index in [1.54, 1.807) is 18.2 Å². The van der Waals surface area contributed by atoms with E-state index in [0.717, 1.165) is 0 Å². The maximum atomic E-state index is 13.4. The maximum absolute atomic E-state index is 13.4. The molecular formula is C22H20FN5O3. The van der Waals surface area contributed by atoms with Crippen LogP contribution in [0.4, 0.5) is 4.39 Å². The number of hydrogen-bond acceptors (Lipinski definition) is 5. The Labute approximate surface area is 176 Å². The lowest BCUT2D eigenvalue weighted by molar-refractivity contribution is 0.0997. The molecule has 0 atom stereocenters. The highest BCUT2D eigenvalue weighted by atomic mass is 19.1. The summed E-state index contributed by atoms with van der Waals surface area (Å²) in [6.07, 6.45) is -0.102. The number of primary amides is 1. The normalized spacial score (nSPS) is 11.3. The molecule has 158 valence electrons. The van der Waals surface area contributed by atoms with Gasteiger partial charge >= 0.3 is 5.69 Å². The fraction of sp³-hybridized carbons (Fsp3) is 0.182. The number of nitrogens with zero attached hydrogens (tertiary/aromatic N) is 4. The van der Waals surface area contributed by atoms with E-state index in [1.807, 2.05) is 19.9 Å². The van der Waals surface area contributed by atoms with Crippen LogP contribution in [0.1, 0.15) is 24.3 Å². The molecule has 2 N–H and O–H groups in total. The highest BCUT2D eigenvalue weighted by molar-refractivity contribution is 6.02. The number of aromatic nitrogens is 4. The Morgan fingerprint density at radius 1 is 1.10 bits per heavy atom. The highest BCUT2D eigenvalue weighted by Crippen LogP contribution is 2.30. The second kappa shape index (κ2) is 7.67. The van der Waals surface area contributed by atoms with Gasteiger partial charge in [0.05, 0.1) is 17.4 Å². The molecule has 2 heterocycles. The van der Waals surface area contributed by atoms with Crippen molar-refractivity contribution >= 4 is 17.1 Å². The van der Waals surface area contributed by atoms with Gasteiger partial charge in [0.25, 0.3) is 5.91 Å². The van der Waals surface area contributed by atoms with Gasteiger partial charge in [0.2, 0.25) is 0 Å². The monoisotopic (exact) mass is 421 g/mol. The van der Waals surface area contributed by atoms with Crippen LogP contribution in [-0.2, 0) is 7.05 Å². The number of carbonyl (C=O) groups excluding carboxylic acids is 1. The van der Waals surface area contributed by atoms with E-state index in [0.29, 0.717) is 17.0 Å². The van der Waals surface area contributed by atoms with E-state index in [-0.39, 0.29) is 28.8 Å². The van der Waals surface area contributed by atoms with Crippen molar-refractivity contribution in [3.63, 3.8) is 0 Å². The zero-order chi connectivity index (χ0) is 22.3. The summed E-state index contributed by atoms with van der Waals surface area (Å²) >= 11 is 0. The number of imidazole rings is 1. The summed E-state index contributed by atoms with van der Waals surface area (Å²) in [6, 6.07) is 12.5. The molecule has 0 bridgehead atoms. The first-order valence-corrected chi connectivity index (χ1v) is 9.59. The van der Waals surface area contributed by atoms with Crippen LogP contribution >= 0.6 is 0 Å². The minimum atomic E-state index is -0.803. The fourth-order valence-electron chi connectivity index (χ4n) is 3.37. The SMILES string of the molecule is CC(C)Oc1ccccc1-c1nc(C(N)=O)c2c(n1)n(-c1ccc(F)cc1)c(=O)n2C. The average Bonchev–Trinajstić information content (AvgIpc) is 2.98. The quantitative estimate of drug-likeness (QED) is 0.534. The van der Waals surface area contributed by atoms with E-state index < -0.39 is 17.4 Å². The molecule has 0 saturated heterocycles. The summed E-state index contributed by atoms with van der Waals surface area (Å²) in [4.78, 5) is 34.2. The van der Waals surface area contributed by atoms with Crippen molar-refractivity contribution in [2.24, 2.45) is 12.8 Å². The van der Waals surface area contributed by atoms with Crippen molar-refractivity contribution in [2.45, 2.75) is 20.0 Å². The summed E-state index contributed by atoms with van der Waals surface area (Å²) in [7, 11) is 1.50. The second-order valence-corrected chi connectivity index (χ2v) is 7.25. The first-order chi connectivity index (χ1) is 14.8. The standard InChI is InChI=1S/C22H20FN5O3/c1-12(2)31-16-7-5-4-6-15(16)20-25-17(19(24)29)18-21(26-20)28(22(30)27(18)3)14-10-8-13(23)9-11-14/h4-12H,1-3H3,(H2,24,29). The second-order valence-electron chi connectivity index (χ2n) is 7.25. The zero-order valence-electron chi connectivity index (χ0n) is 17.2. The van der Waals surface area contributed by atoms with Crippen LogP contribution < -0.4 is 16.2 Å². The number of nitrogens with two attached hydrogens (primary N) is 1. The smallest absolute Gasteiger partial charge is 0.334 e. The molecule has 0 aliphatic rings. The van der Waals surface area contributed by atoms with Gasteiger partial charge in [0.1, 0.15) is 17.1 Å². The Morgan fingerprint density at radius 2 is 1.77 bits per heavy atom. The molecule has 0 spiro atoms. The van der Waals surface area contributed by atoms with Crippen LogP contribution in [0.5, 0.6) is 5.75 Å².